The average Bonchev–Trinajstić information content (AvgIpc) is 2.45. The highest BCUT2D eigenvalue weighted by Gasteiger charge is 2.19. The van der Waals surface area contributed by atoms with Crippen LogP contribution in [0.25, 0.3) is 0 Å². The van der Waals surface area contributed by atoms with Crippen molar-refractivity contribution >= 4 is 9.84 Å². The molecule has 0 amide bonds. The second-order valence-electron chi connectivity index (χ2n) is 4.93. The minimum absolute atomic E-state index is 0.217. The van der Waals surface area contributed by atoms with E-state index in [0.29, 0.717) is 5.75 Å². The Morgan fingerprint density at radius 1 is 1.24 bits per heavy atom. The summed E-state index contributed by atoms with van der Waals surface area (Å²) in [5.74, 6) is 0.462. The number of nitrogens with zero attached hydrogens (tertiary/aromatic N) is 1. The summed E-state index contributed by atoms with van der Waals surface area (Å²) in [5.41, 5.74) is 6.81. The minimum atomic E-state index is -3.27. The first-order chi connectivity index (χ1) is 9.88. The first-order valence-electron chi connectivity index (χ1n) is 6.50. The van der Waals surface area contributed by atoms with Crippen molar-refractivity contribution in [3.05, 3.63) is 54.4 Å². The number of rotatable bonds is 5. The van der Waals surface area contributed by atoms with E-state index in [-0.39, 0.29) is 10.9 Å². The third kappa shape index (κ3) is 4.03. The van der Waals surface area contributed by atoms with Gasteiger partial charge in [-0.25, -0.2) is 8.42 Å². The van der Waals surface area contributed by atoms with Crippen LogP contribution in [-0.2, 0) is 9.84 Å². The fourth-order valence-electron chi connectivity index (χ4n) is 1.95. The fourth-order valence-corrected chi connectivity index (χ4v) is 2.60. The van der Waals surface area contributed by atoms with Crippen LogP contribution in [0, 0.1) is 0 Å². The average molecular weight is 306 g/mol. The molecule has 2 rings (SSSR count). The lowest BCUT2D eigenvalue weighted by atomic mass is 10.1. The van der Waals surface area contributed by atoms with Gasteiger partial charge in [0.15, 0.2) is 9.84 Å². The molecule has 0 aliphatic heterocycles. The Morgan fingerprint density at radius 3 is 2.57 bits per heavy atom. The zero-order valence-corrected chi connectivity index (χ0v) is 12.7. The van der Waals surface area contributed by atoms with E-state index >= 15 is 0 Å². The second-order valence-corrected chi connectivity index (χ2v) is 6.95. The van der Waals surface area contributed by atoms with Crippen LogP contribution < -0.4 is 10.5 Å². The molecule has 0 aliphatic rings. The van der Waals surface area contributed by atoms with Crippen molar-refractivity contribution in [3.63, 3.8) is 0 Å². The molecule has 2 atom stereocenters. The lowest BCUT2D eigenvalue weighted by Gasteiger charge is -2.22. The monoisotopic (exact) mass is 306 g/mol. The number of hydrogen-bond acceptors (Lipinski definition) is 5. The predicted octanol–water partition coefficient (Wildman–Crippen LogP) is 1.95. The van der Waals surface area contributed by atoms with Crippen molar-refractivity contribution in [2.75, 3.05) is 6.26 Å². The van der Waals surface area contributed by atoms with Gasteiger partial charge in [-0.2, -0.15) is 0 Å². The highest BCUT2D eigenvalue weighted by atomic mass is 32.2. The Bertz CT molecular complexity index is 700. The van der Waals surface area contributed by atoms with Gasteiger partial charge in [-0.3, -0.25) is 4.98 Å². The van der Waals surface area contributed by atoms with Gasteiger partial charge in [-0.05, 0) is 31.2 Å². The molecule has 2 unspecified atom stereocenters. The van der Waals surface area contributed by atoms with Gasteiger partial charge in [0, 0.05) is 30.3 Å². The largest absolute Gasteiger partial charge is 0.484 e. The predicted molar refractivity (Wildman–Crippen MR) is 80.8 cm³/mol. The smallest absolute Gasteiger partial charge is 0.175 e. The maximum absolute atomic E-state index is 11.6. The van der Waals surface area contributed by atoms with Crippen molar-refractivity contribution in [1.82, 2.24) is 4.98 Å². The fraction of sp³-hybridized carbons (Fsp3) is 0.267. The summed E-state index contributed by atoms with van der Waals surface area (Å²) < 4.78 is 29.0. The van der Waals surface area contributed by atoms with Crippen molar-refractivity contribution in [2.45, 2.75) is 24.0 Å². The number of ether oxygens (including phenoxy) is 1. The van der Waals surface area contributed by atoms with Gasteiger partial charge in [-0.1, -0.05) is 12.1 Å². The van der Waals surface area contributed by atoms with Gasteiger partial charge in [0.2, 0.25) is 0 Å². The maximum Gasteiger partial charge on any atom is 0.175 e. The van der Waals surface area contributed by atoms with Gasteiger partial charge < -0.3 is 10.5 Å². The topological polar surface area (TPSA) is 82.3 Å². The minimum Gasteiger partial charge on any atom is -0.484 e. The number of hydrogen-bond donors (Lipinski definition) is 1. The Balaban J connectivity index is 2.30. The molecule has 112 valence electrons. The molecule has 21 heavy (non-hydrogen) atoms. The molecule has 2 N–H and O–H groups in total. The summed E-state index contributed by atoms with van der Waals surface area (Å²) in [4.78, 5) is 4.27. The van der Waals surface area contributed by atoms with E-state index in [2.05, 4.69) is 4.98 Å². The lowest BCUT2D eigenvalue weighted by Crippen LogP contribution is -2.29. The standard InChI is InChI=1S/C15H18N2O3S/c1-11(16)15(12-5-4-8-17-10-12)20-13-6-3-7-14(9-13)21(2,18)19/h3-11,15H,16H2,1-2H3. The van der Waals surface area contributed by atoms with Crippen LogP contribution in [0.4, 0.5) is 0 Å². The molecule has 1 heterocycles. The first kappa shape index (κ1) is 15.5. The van der Waals surface area contributed by atoms with Gasteiger partial charge in [0.25, 0.3) is 0 Å². The molecule has 6 heteroatoms. The Morgan fingerprint density at radius 2 is 2.00 bits per heavy atom. The molecule has 0 aliphatic carbocycles. The quantitative estimate of drug-likeness (QED) is 0.913. The lowest BCUT2D eigenvalue weighted by molar-refractivity contribution is 0.179. The van der Waals surface area contributed by atoms with Crippen LogP contribution in [0.2, 0.25) is 0 Å². The van der Waals surface area contributed by atoms with Gasteiger partial charge in [0.05, 0.1) is 4.90 Å². The zero-order chi connectivity index (χ0) is 15.5. The van der Waals surface area contributed by atoms with Crippen LogP contribution >= 0.6 is 0 Å². The number of sulfone groups is 1. The van der Waals surface area contributed by atoms with Gasteiger partial charge in [0.1, 0.15) is 11.9 Å². The van der Waals surface area contributed by atoms with Crippen molar-refractivity contribution in [1.29, 1.82) is 0 Å². The third-order valence-electron chi connectivity index (χ3n) is 2.99. The van der Waals surface area contributed by atoms with Crippen molar-refractivity contribution < 1.29 is 13.2 Å². The molecule has 0 radical (unpaired) electrons. The van der Waals surface area contributed by atoms with E-state index in [1.54, 1.807) is 30.6 Å². The molecule has 1 aromatic carbocycles. The van der Waals surface area contributed by atoms with E-state index in [4.69, 9.17) is 10.5 Å². The van der Waals surface area contributed by atoms with Crippen LogP contribution in [0.15, 0.2) is 53.7 Å². The molecule has 0 bridgehead atoms. The SMILES string of the molecule is CC(N)C(Oc1cccc(S(C)(=O)=O)c1)c1cccnc1. The van der Waals surface area contributed by atoms with E-state index < -0.39 is 15.9 Å². The highest BCUT2D eigenvalue weighted by molar-refractivity contribution is 7.90. The molecule has 1 aromatic heterocycles. The van der Waals surface area contributed by atoms with Gasteiger partial charge >= 0.3 is 0 Å². The van der Waals surface area contributed by atoms with Crippen LogP contribution in [0.3, 0.4) is 0 Å². The van der Waals surface area contributed by atoms with E-state index in [1.807, 2.05) is 13.0 Å². The zero-order valence-electron chi connectivity index (χ0n) is 11.9. The van der Waals surface area contributed by atoms with Crippen molar-refractivity contribution in [3.8, 4) is 5.75 Å². The first-order valence-corrected chi connectivity index (χ1v) is 8.39. The maximum atomic E-state index is 11.6. The molecule has 5 nitrogen and oxygen atoms in total. The number of nitrogens with two attached hydrogens (primary N) is 1. The van der Waals surface area contributed by atoms with Crippen molar-refractivity contribution in [2.24, 2.45) is 5.73 Å². The number of aromatic nitrogens is 1. The number of benzene rings is 1. The molecule has 0 saturated heterocycles. The van der Waals surface area contributed by atoms with Crippen LogP contribution in [0.5, 0.6) is 5.75 Å². The highest BCUT2D eigenvalue weighted by Crippen LogP contribution is 2.25. The molecule has 0 spiro atoms. The van der Waals surface area contributed by atoms with E-state index in [9.17, 15) is 8.42 Å². The summed E-state index contributed by atoms with van der Waals surface area (Å²) in [6, 6.07) is 9.81. The van der Waals surface area contributed by atoms with Crippen LogP contribution in [0.1, 0.15) is 18.6 Å². The molecule has 2 aromatic rings. The normalized spacial score (nSPS) is 14.4. The second kappa shape index (κ2) is 6.24. The summed E-state index contributed by atoms with van der Waals surface area (Å²) >= 11 is 0. The Labute approximate surface area is 124 Å². The summed E-state index contributed by atoms with van der Waals surface area (Å²) in [5, 5.41) is 0. The summed E-state index contributed by atoms with van der Waals surface area (Å²) in [7, 11) is -3.27. The Kier molecular flexibility index (Phi) is 4.59. The van der Waals surface area contributed by atoms with Gasteiger partial charge in [-0.15, -0.1) is 0 Å². The molecular formula is C15H18N2O3S. The third-order valence-corrected chi connectivity index (χ3v) is 4.10. The summed E-state index contributed by atoms with van der Waals surface area (Å²) in [6.07, 6.45) is 4.13. The Hall–Kier alpha value is -1.92. The molecule has 0 fully saturated rings. The number of pyridine rings is 1. The summed E-state index contributed by atoms with van der Waals surface area (Å²) in [6.45, 7) is 1.83. The van der Waals surface area contributed by atoms with Crippen LogP contribution in [-0.4, -0.2) is 25.7 Å². The van der Waals surface area contributed by atoms with E-state index in [1.165, 1.54) is 12.1 Å². The molecule has 0 saturated carbocycles. The molecular weight excluding hydrogens is 288 g/mol. The van der Waals surface area contributed by atoms with E-state index in [0.717, 1.165) is 11.8 Å².